The van der Waals surface area contributed by atoms with E-state index in [9.17, 15) is 15.3 Å². The van der Waals surface area contributed by atoms with Gasteiger partial charge in [-0.05, 0) is 91.0 Å². The van der Waals surface area contributed by atoms with Crippen molar-refractivity contribution < 1.29 is 15.3 Å². The van der Waals surface area contributed by atoms with Crippen molar-refractivity contribution in [3.63, 3.8) is 0 Å². The summed E-state index contributed by atoms with van der Waals surface area (Å²) in [5.74, 6) is 0.813. The lowest BCUT2D eigenvalue weighted by molar-refractivity contribution is 0.167. The minimum absolute atomic E-state index is 0.0852. The van der Waals surface area contributed by atoms with Gasteiger partial charge in [0.2, 0.25) is 0 Å². The third-order valence-electron chi connectivity index (χ3n) is 6.05. The smallest absolute Gasteiger partial charge is 0.124 e. The number of hydrogen-bond acceptors (Lipinski definition) is 7. The van der Waals surface area contributed by atoms with Crippen LogP contribution in [0.3, 0.4) is 0 Å². The van der Waals surface area contributed by atoms with E-state index in [1.807, 2.05) is 32.1 Å². The van der Waals surface area contributed by atoms with Crippen LogP contribution < -0.4 is 5.32 Å². The van der Waals surface area contributed by atoms with Crippen LogP contribution in [0.5, 0.6) is 17.2 Å². The Morgan fingerprint density at radius 3 is 2.56 bits per heavy atom. The molecule has 1 fully saturated rings. The van der Waals surface area contributed by atoms with Crippen molar-refractivity contribution in [1.82, 2.24) is 10.2 Å². The standard InChI is InChI=1S/C28H35BrN4O3/c1-19(11-27(25-8-4-5-9-28(25)36)32-20(2)26(29)16-30-3)31-15-21-7-6-10-33(17-21)18-22-12-23(34)14-24(35)13-22/h4-5,8-9,11-14,16,21,31,34-36H,6-7,10,15,17-18H2,1-3H3/b19-11+,26-20-,30-16?,32-27+. The first-order chi connectivity index (χ1) is 17.2. The van der Waals surface area contributed by atoms with Crippen LogP contribution >= 0.6 is 15.9 Å². The number of phenols is 3. The van der Waals surface area contributed by atoms with E-state index >= 15 is 0 Å². The van der Waals surface area contributed by atoms with Crippen LogP contribution in [-0.2, 0) is 6.54 Å². The molecule has 0 aliphatic carbocycles. The van der Waals surface area contributed by atoms with Crippen molar-refractivity contribution in [3.05, 3.63) is 75.5 Å². The van der Waals surface area contributed by atoms with E-state index in [2.05, 4.69) is 31.1 Å². The Kier molecular flexibility index (Phi) is 10.1. The summed E-state index contributed by atoms with van der Waals surface area (Å²) in [5.41, 5.74) is 3.93. The van der Waals surface area contributed by atoms with Gasteiger partial charge in [-0.2, -0.15) is 0 Å². The van der Waals surface area contributed by atoms with Crippen molar-refractivity contribution >= 4 is 27.9 Å². The fourth-order valence-electron chi connectivity index (χ4n) is 4.33. The molecule has 3 rings (SSSR count). The summed E-state index contributed by atoms with van der Waals surface area (Å²) in [5, 5.41) is 33.5. The number of benzene rings is 2. The fraction of sp³-hybridized carbons (Fsp3) is 0.357. The molecule has 192 valence electrons. The van der Waals surface area contributed by atoms with Crippen LogP contribution in [0.2, 0.25) is 0 Å². The molecule has 0 aromatic heterocycles. The number of aromatic hydroxyl groups is 3. The van der Waals surface area contributed by atoms with Crippen molar-refractivity contribution in [2.45, 2.75) is 33.2 Å². The number of nitrogens with zero attached hydrogens (tertiary/aromatic N) is 3. The minimum atomic E-state index is 0.0852. The molecule has 0 radical (unpaired) electrons. The van der Waals surface area contributed by atoms with E-state index < -0.39 is 0 Å². The van der Waals surface area contributed by atoms with Gasteiger partial charge >= 0.3 is 0 Å². The molecule has 0 spiro atoms. The Morgan fingerprint density at radius 2 is 1.86 bits per heavy atom. The van der Waals surface area contributed by atoms with E-state index in [0.717, 1.165) is 53.9 Å². The number of allylic oxidation sites excluding steroid dienone is 4. The lowest BCUT2D eigenvalue weighted by atomic mass is 9.97. The zero-order valence-electron chi connectivity index (χ0n) is 21.1. The highest BCUT2D eigenvalue weighted by molar-refractivity contribution is 9.12. The van der Waals surface area contributed by atoms with Crippen LogP contribution in [0.15, 0.2) is 74.4 Å². The van der Waals surface area contributed by atoms with Gasteiger partial charge in [-0.15, -0.1) is 0 Å². The number of aliphatic imine (C=N–C) groups is 2. The molecule has 1 heterocycles. The Morgan fingerprint density at radius 1 is 1.14 bits per heavy atom. The fourth-order valence-corrected chi connectivity index (χ4v) is 4.62. The molecule has 1 atom stereocenters. The Labute approximate surface area is 221 Å². The minimum Gasteiger partial charge on any atom is -0.508 e. The van der Waals surface area contributed by atoms with Gasteiger partial charge in [0.1, 0.15) is 17.2 Å². The van der Waals surface area contributed by atoms with Gasteiger partial charge in [-0.3, -0.25) is 14.9 Å². The van der Waals surface area contributed by atoms with E-state index in [1.54, 1.807) is 37.5 Å². The number of halogens is 1. The van der Waals surface area contributed by atoms with E-state index in [0.29, 0.717) is 23.7 Å². The molecule has 0 bridgehead atoms. The zero-order chi connectivity index (χ0) is 26.1. The predicted molar refractivity (Wildman–Crippen MR) is 150 cm³/mol. The highest BCUT2D eigenvalue weighted by atomic mass is 79.9. The summed E-state index contributed by atoms with van der Waals surface area (Å²) >= 11 is 3.50. The van der Waals surface area contributed by atoms with Gasteiger partial charge in [0.25, 0.3) is 0 Å². The third kappa shape index (κ3) is 8.24. The molecule has 1 aliphatic rings. The molecule has 7 nitrogen and oxygen atoms in total. The SMILES string of the molecule is CN=C/C(Br)=C(C)/N=C(\C=C(/C)NCC1CCCN(Cc2cc(O)cc(O)c2)C1)c1ccccc1O. The summed E-state index contributed by atoms with van der Waals surface area (Å²) < 4.78 is 0.777. The lowest BCUT2D eigenvalue weighted by Crippen LogP contribution is -2.39. The van der Waals surface area contributed by atoms with E-state index in [1.165, 1.54) is 6.07 Å². The maximum absolute atomic E-state index is 10.4. The molecule has 36 heavy (non-hydrogen) atoms. The first kappa shape index (κ1) is 27.5. The molecular weight excluding hydrogens is 520 g/mol. The number of likely N-dealkylation sites (tertiary alicyclic amines) is 1. The Bertz CT molecular complexity index is 1150. The zero-order valence-corrected chi connectivity index (χ0v) is 22.7. The quantitative estimate of drug-likeness (QED) is 0.314. The second kappa shape index (κ2) is 13.3. The third-order valence-corrected chi connectivity index (χ3v) is 6.83. The van der Waals surface area contributed by atoms with Crippen molar-refractivity contribution in [2.75, 3.05) is 26.7 Å². The van der Waals surface area contributed by atoms with Crippen LogP contribution in [0.25, 0.3) is 0 Å². The van der Waals surface area contributed by atoms with Gasteiger partial charge in [0.15, 0.2) is 0 Å². The van der Waals surface area contributed by atoms with Crippen LogP contribution in [0, 0.1) is 5.92 Å². The second-order valence-corrected chi connectivity index (χ2v) is 10.00. The number of piperidine rings is 1. The van der Waals surface area contributed by atoms with Gasteiger partial charge in [-0.25, -0.2) is 0 Å². The maximum atomic E-state index is 10.4. The molecule has 2 aromatic rings. The summed E-state index contributed by atoms with van der Waals surface area (Å²) in [6, 6.07) is 11.9. The summed E-state index contributed by atoms with van der Waals surface area (Å²) in [6.07, 6.45) is 5.89. The Balaban J connectivity index is 1.70. The molecule has 0 amide bonds. The number of nitrogens with one attached hydrogen (secondary N) is 1. The van der Waals surface area contributed by atoms with Crippen LogP contribution in [0.4, 0.5) is 0 Å². The van der Waals surface area contributed by atoms with Gasteiger partial charge in [-0.1, -0.05) is 12.1 Å². The molecule has 1 aliphatic heterocycles. The summed E-state index contributed by atoms with van der Waals surface area (Å²) in [7, 11) is 1.70. The lowest BCUT2D eigenvalue weighted by Gasteiger charge is -2.33. The first-order valence-corrected chi connectivity index (χ1v) is 12.9. The number of para-hydroxylation sites is 1. The number of hydrogen-bond donors (Lipinski definition) is 4. The van der Waals surface area contributed by atoms with E-state index in [4.69, 9.17) is 4.99 Å². The van der Waals surface area contributed by atoms with Crippen LogP contribution in [-0.4, -0.2) is 58.8 Å². The normalized spacial score (nSPS) is 18.4. The van der Waals surface area contributed by atoms with Gasteiger partial charge in [0, 0.05) is 50.2 Å². The molecule has 1 unspecified atom stereocenters. The number of rotatable bonds is 9. The van der Waals surface area contributed by atoms with E-state index in [-0.39, 0.29) is 17.2 Å². The molecule has 2 aromatic carbocycles. The summed E-state index contributed by atoms with van der Waals surface area (Å²) in [4.78, 5) is 11.2. The maximum Gasteiger partial charge on any atom is 0.124 e. The molecular formula is C28H35BrN4O3. The average Bonchev–Trinajstić information content (AvgIpc) is 2.82. The summed E-state index contributed by atoms with van der Waals surface area (Å²) in [6.45, 7) is 7.34. The van der Waals surface area contributed by atoms with Gasteiger partial charge in [0.05, 0.1) is 15.9 Å². The highest BCUT2D eigenvalue weighted by Crippen LogP contribution is 2.24. The first-order valence-electron chi connectivity index (χ1n) is 12.1. The molecule has 4 N–H and O–H groups in total. The average molecular weight is 556 g/mol. The molecule has 1 saturated heterocycles. The second-order valence-electron chi connectivity index (χ2n) is 9.14. The molecule has 0 saturated carbocycles. The topological polar surface area (TPSA) is 101 Å². The predicted octanol–water partition coefficient (Wildman–Crippen LogP) is 5.33. The monoisotopic (exact) mass is 554 g/mol. The van der Waals surface area contributed by atoms with Crippen molar-refractivity contribution in [1.29, 1.82) is 0 Å². The van der Waals surface area contributed by atoms with Crippen molar-refractivity contribution in [3.8, 4) is 17.2 Å². The number of phenolic OH excluding ortho intramolecular Hbond substituents is 3. The molecule has 8 heteroatoms. The van der Waals surface area contributed by atoms with Crippen LogP contribution in [0.1, 0.15) is 37.8 Å². The largest absolute Gasteiger partial charge is 0.508 e. The van der Waals surface area contributed by atoms with Gasteiger partial charge < -0.3 is 20.6 Å². The van der Waals surface area contributed by atoms with Crippen molar-refractivity contribution in [2.24, 2.45) is 15.9 Å². The Hall–Kier alpha value is -3.10. The highest BCUT2D eigenvalue weighted by Gasteiger charge is 2.20.